The highest BCUT2D eigenvalue weighted by atomic mass is 32.2. The van der Waals surface area contributed by atoms with E-state index in [-0.39, 0.29) is 0 Å². The van der Waals surface area contributed by atoms with Crippen molar-refractivity contribution < 1.29 is 8.42 Å². The van der Waals surface area contributed by atoms with Crippen molar-refractivity contribution in [1.29, 1.82) is 0 Å². The van der Waals surface area contributed by atoms with Gasteiger partial charge in [0.25, 0.3) is 0 Å². The summed E-state index contributed by atoms with van der Waals surface area (Å²) < 4.78 is 20.2. The van der Waals surface area contributed by atoms with Crippen LogP contribution in [0.25, 0.3) is 0 Å². The fourth-order valence-corrected chi connectivity index (χ4v) is 0.348. The molecule has 0 aromatic rings. The summed E-state index contributed by atoms with van der Waals surface area (Å²) in [6.07, 6.45) is 0.981. The van der Waals surface area contributed by atoms with Crippen LogP contribution in [0.5, 0.6) is 0 Å². The molecular formula is C3H7N2O2S. The molecule has 47 valence electrons. The summed E-state index contributed by atoms with van der Waals surface area (Å²) in [5, 5.41) is 4.12. The Bertz CT molecular complexity index is 172. The molecule has 0 heterocycles. The predicted octanol–water partition coefficient (Wildman–Crippen LogP) is -1.09. The molecule has 0 saturated heterocycles. The number of primary sulfonamides is 1. The molecule has 0 rings (SSSR count). The van der Waals surface area contributed by atoms with E-state index in [4.69, 9.17) is 5.73 Å². The Morgan fingerprint density at radius 2 is 2.00 bits per heavy atom. The number of sulfonamides is 1. The highest BCUT2D eigenvalue weighted by Crippen LogP contribution is 1.94. The molecule has 1 radical (unpaired) electrons. The fourth-order valence-electron chi connectivity index (χ4n) is 0.116. The summed E-state index contributed by atoms with van der Waals surface area (Å²) in [6, 6.07) is 0. The average Bonchev–Trinajstić information content (AvgIpc) is 1.62. The topological polar surface area (TPSA) is 86.2 Å². The van der Waals surface area contributed by atoms with Gasteiger partial charge in [-0.2, -0.15) is 0 Å². The van der Waals surface area contributed by atoms with Gasteiger partial charge in [0.15, 0.2) is 5.37 Å². The van der Waals surface area contributed by atoms with Gasteiger partial charge in [-0.1, -0.05) is 6.08 Å². The predicted molar refractivity (Wildman–Crippen MR) is 30.7 cm³/mol. The molecule has 0 atom stereocenters. The number of rotatable bonds is 2. The molecule has 8 heavy (non-hydrogen) atoms. The number of nitrogens with two attached hydrogens (primary N) is 2. The molecular weight excluding hydrogens is 128 g/mol. The smallest absolute Gasteiger partial charge is 0.234 e. The quantitative estimate of drug-likeness (QED) is 0.504. The second kappa shape index (κ2) is 2.25. The highest BCUT2D eigenvalue weighted by molar-refractivity contribution is 7.92. The SMILES string of the molecule is C=C[C](N)S(N)(=O)=O. The van der Waals surface area contributed by atoms with Crippen molar-refractivity contribution >= 4 is 10.0 Å². The minimum atomic E-state index is -3.68. The van der Waals surface area contributed by atoms with Gasteiger partial charge in [-0.05, 0) is 0 Å². The van der Waals surface area contributed by atoms with Crippen LogP contribution >= 0.6 is 0 Å². The van der Waals surface area contributed by atoms with Crippen molar-refractivity contribution in [3.63, 3.8) is 0 Å². The van der Waals surface area contributed by atoms with Gasteiger partial charge in [-0.3, -0.25) is 0 Å². The van der Waals surface area contributed by atoms with Crippen LogP contribution in [0.1, 0.15) is 0 Å². The second-order valence-electron chi connectivity index (χ2n) is 1.15. The standard InChI is InChI=1S/C3H7N2O2S/c1-2-3(4)8(5,6)7/h2H,1,4H2,(H2,5,6,7). The van der Waals surface area contributed by atoms with Gasteiger partial charge in [0.05, 0.1) is 0 Å². The molecule has 0 fully saturated rings. The first-order valence-corrected chi connectivity index (χ1v) is 3.31. The first kappa shape index (κ1) is 7.61. The zero-order chi connectivity index (χ0) is 6.78. The van der Waals surface area contributed by atoms with Gasteiger partial charge in [0.2, 0.25) is 10.0 Å². The first-order valence-electron chi connectivity index (χ1n) is 1.76. The Kier molecular flexibility index (Phi) is 2.14. The van der Waals surface area contributed by atoms with E-state index >= 15 is 0 Å². The largest absolute Gasteiger partial charge is 0.305 e. The van der Waals surface area contributed by atoms with Crippen molar-refractivity contribution in [1.82, 2.24) is 0 Å². The molecule has 5 heteroatoms. The molecule has 4 nitrogen and oxygen atoms in total. The van der Waals surface area contributed by atoms with Crippen LogP contribution in [-0.2, 0) is 10.0 Å². The third kappa shape index (κ3) is 2.06. The Morgan fingerprint density at radius 1 is 1.62 bits per heavy atom. The summed E-state index contributed by atoms with van der Waals surface area (Å²) in [5.74, 6) is 0. The second-order valence-corrected chi connectivity index (χ2v) is 2.71. The minimum Gasteiger partial charge on any atom is -0.305 e. The summed E-state index contributed by atoms with van der Waals surface area (Å²) in [5.41, 5.74) is 4.84. The Labute approximate surface area is 48.2 Å². The maximum atomic E-state index is 10.1. The Balaban J connectivity index is 4.26. The average molecular weight is 135 g/mol. The molecule has 0 aliphatic carbocycles. The van der Waals surface area contributed by atoms with Crippen LogP contribution in [0.4, 0.5) is 0 Å². The van der Waals surface area contributed by atoms with Crippen molar-refractivity contribution in [2.24, 2.45) is 10.9 Å². The van der Waals surface area contributed by atoms with Crippen LogP contribution in [0.2, 0.25) is 0 Å². The van der Waals surface area contributed by atoms with Crippen molar-refractivity contribution in [2.75, 3.05) is 0 Å². The third-order valence-corrected chi connectivity index (χ3v) is 1.35. The first-order chi connectivity index (χ1) is 3.48. The van der Waals surface area contributed by atoms with Crippen LogP contribution in [0.15, 0.2) is 12.7 Å². The molecule has 0 bridgehead atoms. The molecule has 0 aromatic carbocycles. The zero-order valence-corrected chi connectivity index (χ0v) is 4.98. The number of hydrogen-bond donors (Lipinski definition) is 2. The normalized spacial score (nSPS) is 11.9. The molecule has 0 spiro atoms. The highest BCUT2D eigenvalue weighted by Gasteiger charge is 2.11. The van der Waals surface area contributed by atoms with Crippen molar-refractivity contribution in [3.8, 4) is 0 Å². The van der Waals surface area contributed by atoms with E-state index in [0.717, 1.165) is 6.08 Å². The fraction of sp³-hybridized carbons (Fsp3) is 0. The van der Waals surface area contributed by atoms with Gasteiger partial charge in [-0.25, -0.2) is 13.6 Å². The van der Waals surface area contributed by atoms with Gasteiger partial charge < -0.3 is 5.73 Å². The summed E-state index contributed by atoms with van der Waals surface area (Å²) in [6.45, 7) is 3.11. The monoisotopic (exact) mass is 135 g/mol. The lowest BCUT2D eigenvalue weighted by Gasteiger charge is -1.97. The van der Waals surface area contributed by atoms with Gasteiger partial charge in [0, 0.05) is 0 Å². The maximum absolute atomic E-state index is 10.1. The Hall–Kier alpha value is -0.390. The van der Waals surface area contributed by atoms with Gasteiger partial charge in [-0.15, -0.1) is 6.58 Å². The van der Waals surface area contributed by atoms with Crippen LogP contribution < -0.4 is 10.9 Å². The van der Waals surface area contributed by atoms with Gasteiger partial charge >= 0.3 is 0 Å². The Morgan fingerprint density at radius 3 is 2.00 bits per heavy atom. The molecule has 0 aliphatic heterocycles. The zero-order valence-electron chi connectivity index (χ0n) is 4.16. The molecule has 0 aliphatic rings. The van der Waals surface area contributed by atoms with E-state index < -0.39 is 15.4 Å². The third-order valence-electron chi connectivity index (χ3n) is 0.530. The van der Waals surface area contributed by atoms with E-state index in [1.54, 1.807) is 0 Å². The van der Waals surface area contributed by atoms with E-state index in [9.17, 15) is 8.42 Å². The van der Waals surface area contributed by atoms with E-state index in [0.29, 0.717) is 0 Å². The van der Waals surface area contributed by atoms with Crippen LogP contribution in [-0.4, -0.2) is 8.42 Å². The van der Waals surface area contributed by atoms with E-state index in [1.807, 2.05) is 0 Å². The molecule has 0 saturated carbocycles. The molecule has 0 unspecified atom stereocenters. The lowest BCUT2D eigenvalue weighted by Crippen LogP contribution is -2.26. The number of hydrogen-bond acceptors (Lipinski definition) is 3. The lowest BCUT2D eigenvalue weighted by atomic mass is 10.7. The molecule has 0 amide bonds. The molecule has 0 aromatic heterocycles. The van der Waals surface area contributed by atoms with E-state index in [1.165, 1.54) is 0 Å². The summed E-state index contributed by atoms with van der Waals surface area (Å²) in [7, 11) is -3.68. The van der Waals surface area contributed by atoms with Gasteiger partial charge in [0.1, 0.15) is 0 Å². The van der Waals surface area contributed by atoms with Crippen LogP contribution in [0.3, 0.4) is 0 Å². The minimum absolute atomic E-state index is 0.405. The summed E-state index contributed by atoms with van der Waals surface area (Å²) >= 11 is 0. The van der Waals surface area contributed by atoms with Crippen LogP contribution in [0, 0.1) is 5.37 Å². The molecule has 4 N–H and O–H groups in total. The van der Waals surface area contributed by atoms with Crippen molar-refractivity contribution in [3.05, 3.63) is 18.0 Å². The van der Waals surface area contributed by atoms with E-state index in [2.05, 4.69) is 11.7 Å². The summed E-state index contributed by atoms with van der Waals surface area (Å²) in [4.78, 5) is 0. The van der Waals surface area contributed by atoms with Crippen molar-refractivity contribution in [2.45, 2.75) is 0 Å². The maximum Gasteiger partial charge on any atom is 0.234 e. The lowest BCUT2D eigenvalue weighted by molar-refractivity contribution is 0.599.